The Balaban J connectivity index is 2.40. The third kappa shape index (κ3) is 2.99. The third-order valence-corrected chi connectivity index (χ3v) is 5.75. The molecule has 0 bridgehead atoms. The lowest BCUT2D eigenvalue weighted by atomic mass is 10.2. The van der Waals surface area contributed by atoms with Crippen LogP contribution in [0.5, 0.6) is 0 Å². The van der Waals surface area contributed by atoms with Gasteiger partial charge < -0.3 is 5.73 Å². The second kappa shape index (κ2) is 5.61. The zero-order chi connectivity index (χ0) is 14.0. The summed E-state index contributed by atoms with van der Waals surface area (Å²) in [6, 6.07) is 5.43. The minimum Gasteiger partial charge on any atom is -0.315 e. The Morgan fingerprint density at radius 3 is 2.63 bits per heavy atom. The summed E-state index contributed by atoms with van der Waals surface area (Å²) in [6.45, 7) is 4.32. The van der Waals surface area contributed by atoms with Crippen LogP contribution in [0.2, 0.25) is 0 Å². The van der Waals surface area contributed by atoms with Crippen LogP contribution in [0.15, 0.2) is 23.1 Å². The molecule has 1 aromatic rings. The average molecular weight is 282 g/mol. The van der Waals surface area contributed by atoms with Crippen molar-refractivity contribution in [2.24, 2.45) is 5.73 Å². The van der Waals surface area contributed by atoms with Crippen LogP contribution in [0, 0.1) is 13.8 Å². The molecule has 1 fully saturated rings. The molecule has 1 heterocycles. The molecule has 19 heavy (non-hydrogen) atoms. The maximum absolute atomic E-state index is 12.7. The van der Waals surface area contributed by atoms with E-state index in [9.17, 15) is 8.42 Å². The first-order valence-corrected chi connectivity index (χ1v) is 8.21. The van der Waals surface area contributed by atoms with Gasteiger partial charge in [-0.15, -0.1) is 0 Å². The number of rotatable bonds is 2. The van der Waals surface area contributed by atoms with Crippen molar-refractivity contribution in [3.63, 3.8) is 0 Å². The molecule has 0 aromatic heterocycles. The van der Waals surface area contributed by atoms with Crippen LogP contribution in [0.4, 0.5) is 0 Å². The van der Waals surface area contributed by atoms with E-state index in [1.807, 2.05) is 26.0 Å². The highest BCUT2D eigenvalue weighted by Gasteiger charge is 2.31. The van der Waals surface area contributed by atoms with Crippen LogP contribution in [0.25, 0.3) is 0 Å². The minimum atomic E-state index is -3.47. The molecule has 1 aliphatic heterocycles. The molecule has 0 aliphatic carbocycles. The van der Waals surface area contributed by atoms with Gasteiger partial charge in [-0.1, -0.05) is 30.5 Å². The summed E-state index contributed by atoms with van der Waals surface area (Å²) in [7, 11) is -3.47. The summed E-state index contributed by atoms with van der Waals surface area (Å²) < 4.78 is 26.9. The smallest absolute Gasteiger partial charge is 0.244 e. The Morgan fingerprint density at radius 2 is 1.95 bits per heavy atom. The molecule has 5 heteroatoms. The summed E-state index contributed by atoms with van der Waals surface area (Å²) in [6.07, 6.45) is 3.28. The van der Waals surface area contributed by atoms with Crippen LogP contribution < -0.4 is 5.73 Å². The molecule has 0 radical (unpaired) electrons. The van der Waals surface area contributed by atoms with Gasteiger partial charge in [0.2, 0.25) is 10.0 Å². The van der Waals surface area contributed by atoms with Crippen LogP contribution >= 0.6 is 0 Å². The van der Waals surface area contributed by atoms with Crippen molar-refractivity contribution >= 4 is 10.0 Å². The first-order valence-electron chi connectivity index (χ1n) is 6.77. The predicted octanol–water partition coefficient (Wildman–Crippen LogP) is 2.15. The number of aryl methyl sites for hydroxylation is 2. The average Bonchev–Trinajstić information content (AvgIpc) is 2.53. The molecule has 0 saturated carbocycles. The van der Waals surface area contributed by atoms with E-state index >= 15 is 0 Å². The topological polar surface area (TPSA) is 63.4 Å². The van der Waals surface area contributed by atoms with Crippen molar-refractivity contribution in [2.45, 2.75) is 50.6 Å². The number of benzene rings is 1. The van der Waals surface area contributed by atoms with Crippen LogP contribution in [-0.2, 0) is 10.0 Å². The lowest BCUT2D eigenvalue weighted by molar-refractivity contribution is 0.329. The van der Waals surface area contributed by atoms with Gasteiger partial charge in [-0.2, -0.15) is 4.31 Å². The summed E-state index contributed by atoms with van der Waals surface area (Å²) >= 11 is 0. The van der Waals surface area contributed by atoms with Crippen molar-refractivity contribution in [1.29, 1.82) is 0 Å². The fourth-order valence-electron chi connectivity index (χ4n) is 2.62. The molecule has 1 aliphatic rings. The summed E-state index contributed by atoms with van der Waals surface area (Å²) in [5.74, 6) is 0. The van der Waals surface area contributed by atoms with Crippen LogP contribution in [0.1, 0.15) is 36.8 Å². The number of sulfonamides is 1. The van der Waals surface area contributed by atoms with E-state index in [2.05, 4.69) is 0 Å². The first kappa shape index (κ1) is 14.5. The number of hydrogen-bond donors (Lipinski definition) is 1. The molecule has 2 rings (SSSR count). The highest BCUT2D eigenvalue weighted by molar-refractivity contribution is 7.89. The molecular formula is C14H22N2O2S. The summed E-state index contributed by atoms with van der Waals surface area (Å²) in [5, 5.41) is 0. The lowest BCUT2D eigenvalue weighted by Gasteiger charge is -2.26. The van der Waals surface area contributed by atoms with Gasteiger partial charge in [0.15, 0.2) is 0 Å². The largest absolute Gasteiger partial charge is 0.315 e. The van der Waals surface area contributed by atoms with E-state index in [-0.39, 0.29) is 0 Å². The van der Waals surface area contributed by atoms with Gasteiger partial charge in [-0.05, 0) is 38.3 Å². The van der Waals surface area contributed by atoms with E-state index in [0.717, 1.165) is 36.8 Å². The molecule has 1 atom stereocenters. The molecule has 1 unspecified atom stereocenters. The van der Waals surface area contributed by atoms with Crippen molar-refractivity contribution in [2.75, 3.05) is 6.54 Å². The van der Waals surface area contributed by atoms with Gasteiger partial charge in [-0.25, -0.2) is 8.42 Å². The lowest BCUT2D eigenvalue weighted by Crippen LogP contribution is -2.45. The monoisotopic (exact) mass is 282 g/mol. The van der Waals surface area contributed by atoms with Gasteiger partial charge in [0.25, 0.3) is 0 Å². The van der Waals surface area contributed by atoms with E-state index in [0.29, 0.717) is 11.4 Å². The van der Waals surface area contributed by atoms with Crippen molar-refractivity contribution in [3.8, 4) is 0 Å². The van der Waals surface area contributed by atoms with E-state index in [4.69, 9.17) is 5.73 Å². The zero-order valence-corrected chi connectivity index (χ0v) is 12.4. The van der Waals surface area contributed by atoms with E-state index in [1.165, 1.54) is 4.31 Å². The predicted molar refractivity (Wildman–Crippen MR) is 76.3 cm³/mol. The highest BCUT2D eigenvalue weighted by Crippen LogP contribution is 2.25. The molecule has 2 N–H and O–H groups in total. The maximum Gasteiger partial charge on any atom is 0.244 e. The van der Waals surface area contributed by atoms with Crippen molar-refractivity contribution in [3.05, 3.63) is 29.3 Å². The number of nitrogens with zero attached hydrogens (tertiary/aromatic N) is 1. The van der Waals surface area contributed by atoms with E-state index < -0.39 is 16.2 Å². The number of hydrogen-bond acceptors (Lipinski definition) is 3. The Hall–Kier alpha value is -0.910. The molecular weight excluding hydrogens is 260 g/mol. The molecule has 0 spiro atoms. The van der Waals surface area contributed by atoms with E-state index in [1.54, 1.807) is 6.07 Å². The maximum atomic E-state index is 12.7. The van der Waals surface area contributed by atoms with Gasteiger partial charge in [-0.3, -0.25) is 0 Å². The van der Waals surface area contributed by atoms with Crippen molar-refractivity contribution < 1.29 is 8.42 Å². The molecule has 1 saturated heterocycles. The normalized spacial score (nSPS) is 22.2. The standard InChI is InChI=1S/C14H22N2O2S/c1-11-7-8-13(12(2)10-11)19(17,18)16-9-5-3-4-6-14(16)15/h7-8,10,14H,3-6,9,15H2,1-2H3. The highest BCUT2D eigenvalue weighted by atomic mass is 32.2. The van der Waals surface area contributed by atoms with Crippen LogP contribution in [-0.4, -0.2) is 25.4 Å². The zero-order valence-electron chi connectivity index (χ0n) is 11.6. The first-order chi connectivity index (χ1) is 8.93. The van der Waals surface area contributed by atoms with Crippen LogP contribution in [0.3, 0.4) is 0 Å². The van der Waals surface area contributed by atoms with Gasteiger partial charge in [0, 0.05) is 6.54 Å². The van der Waals surface area contributed by atoms with Gasteiger partial charge in [0.05, 0.1) is 11.1 Å². The minimum absolute atomic E-state index is 0.385. The van der Waals surface area contributed by atoms with Gasteiger partial charge in [0.1, 0.15) is 0 Å². The summed E-state index contributed by atoms with van der Waals surface area (Å²) in [5.41, 5.74) is 7.88. The number of nitrogens with two attached hydrogens (primary N) is 1. The Kier molecular flexibility index (Phi) is 4.28. The molecule has 4 nitrogen and oxygen atoms in total. The molecule has 106 valence electrons. The second-order valence-corrected chi connectivity index (χ2v) is 7.16. The molecule has 0 amide bonds. The quantitative estimate of drug-likeness (QED) is 0.904. The molecule has 1 aromatic carbocycles. The van der Waals surface area contributed by atoms with Gasteiger partial charge >= 0.3 is 0 Å². The SMILES string of the molecule is Cc1ccc(S(=O)(=O)N2CCCCCC2N)c(C)c1. The third-order valence-electron chi connectivity index (χ3n) is 3.67. The van der Waals surface area contributed by atoms with Crippen molar-refractivity contribution in [1.82, 2.24) is 4.31 Å². The fourth-order valence-corrected chi connectivity index (χ4v) is 4.41. The fraction of sp³-hybridized carbons (Fsp3) is 0.571. The Bertz CT molecular complexity index is 555. The summed E-state index contributed by atoms with van der Waals surface area (Å²) in [4.78, 5) is 0.385. The second-order valence-electron chi connectivity index (χ2n) is 5.30. The Labute approximate surface area is 115 Å². The Morgan fingerprint density at radius 1 is 1.21 bits per heavy atom.